The number of ether oxygens (including phenoxy) is 2. The zero-order valence-electron chi connectivity index (χ0n) is 19.7. The SMILES string of the molecule is C=C(CCNC(=O)c1ccc(C(F)(F)F)cc1NN(S)c1ccc(OCCOC)cc1)C(C)(C)F. The minimum atomic E-state index is -4.61. The summed E-state index contributed by atoms with van der Waals surface area (Å²) >= 11 is 4.30. The highest BCUT2D eigenvalue weighted by Gasteiger charge is 2.32. The molecule has 2 rings (SSSR count). The summed E-state index contributed by atoms with van der Waals surface area (Å²) in [6.07, 6.45) is -4.44. The number of rotatable bonds is 12. The van der Waals surface area contributed by atoms with E-state index in [9.17, 15) is 22.4 Å². The van der Waals surface area contributed by atoms with Gasteiger partial charge in [0.1, 0.15) is 18.0 Å². The summed E-state index contributed by atoms with van der Waals surface area (Å²) in [4.78, 5) is 12.7. The molecule has 2 N–H and O–H groups in total. The summed E-state index contributed by atoms with van der Waals surface area (Å²) in [6, 6.07) is 9.31. The summed E-state index contributed by atoms with van der Waals surface area (Å²) in [7, 11) is 1.56. The summed E-state index contributed by atoms with van der Waals surface area (Å²) in [5.74, 6) is -0.0565. The molecule has 6 nitrogen and oxygen atoms in total. The molecular formula is C24H29F4N3O3S. The van der Waals surface area contributed by atoms with Crippen molar-refractivity contribution in [2.45, 2.75) is 32.1 Å². The van der Waals surface area contributed by atoms with Crippen LogP contribution in [0.4, 0.5) is 28.9 Å². The van der Waals surface area contributed by atoms with Crippen LogP contribution in [0, 0.1) is 0 Å². The quantitative estimate of drug-likeness (QED) is 0.109. The molecule has 0 unspecified atom stereocenters. The second kappa shape index (κ2) is 12.2. The lowest BCUT2D eigenvalue weighted by Gasteiger charge is -2.23. The van der Waals surface area contributed by atoms with E-state index in [1.807, 2.05) is 0 Å². The number of nitrogens with one attached hydrogen (secondary N) is 2. The first-order valence-electron chi connectivity index (χ1n) is 10.7. The number of halogens is 4. The largest absolute Gasteiger partial charge is 0.491 e. The fourth-order valence-electron chi connectivity index (χ4n) is 2.84. The van der Waals surface area contributed by atoms with Gasteiger partial charge in [0.05, 0.1) is 29.1 Å². The Hall–Kier alpha value is -2.92. The number of benzene rings is 2. The Morgan fingerprint density at radius 3 is 2.31 bits per heavy atom. The smallest absolute Gasteiger partial charge is 0.416 e. The number of nitrogens with zero attached hydrogens (tertiary/aromatic N) is 1. The van der Waals surface area contributed by atoms with Crippen molar-refractivity contribution in [1.29, 1.82) is 0 Å². The lowest BCUT2D eigenvalue weighted by molar-refractivity contribution is -0.137. The number of hydrazine groups is 1. The van der Waals surface area contributed by atoms with E-state index in [1.165, 1.54) is 18.3 Å². The fraction of sp³-hybridized carbons (Fsp3) is 0.375. The van der Waals surface area contributed by atoms with Crippen molar-refractivity contribution in [2.75, 3.05) is 36.7 Å². The second-order valence-corrected chi connectivity index (χ2v) is 8.50. The third-order valence-electron chi connectivity index (χ3n) is 5.01. The van der Waals surface area contributed by atoms with Gasteiger partial charge in [-0.1, -0.05) is 6.58 Å². The van der Waals surface area contributed by atoms with E-state index in [2.05, 4.69) is 30.1 Å². The molecule has 1 amide bonds. The Labute approximate surface area is 207 Å². The van der Waals surface area contributed by atoms with Gasteiger partial charge in [-0.05, 0) is 81.1 Å². The molecule has 0 aliphatic rings. The molecule has 0 heterocycles. The average Bonchev–Trinajstić information content (AvgIpc) is 2.78. The second-order valence-electron chi connectivity index (χ2n) is 8.10. The first-order valence-corrected chi connectivity index (χ1v) is 11.1. The Morgan fingerprint density at radius 1 is 1.09 bits per heavy atom. The number of carbonyl (C=O) groups excluding carboxylic acids is 1. The topological polar surface area (TPSA) is 62.8 Å². The fourth-order valence-corrected chi connectivity index (χ4v) is 3.08. The van der Waals surface area contributed by atoms with Crippen LogP contribution in [-0.2, 0) is 10.9 Å². The Kier molecular flexibility index (Phi) is 9.84. The predicted molar refractivity (Wildman–Crippen MR) is 132 cm³/mol. The van der Waals surface area contributed by atoms with Crippen LogP contribution < -0.4 is 19.9 Å². The maximum Gasteiger partial charge on any atom is 0.416 e. The number of thiol groups is 1. The van der Waals surface area contributed by atoms with Crippen LogP contribution >= 0.6 is 12.8 Å². The summed E-state index contributed by atoms with van der Waals surface area (Å²) in [5.41, 5.74) is 0.790. The number of methoxy groups -OCH3 is 1. The van der Waals surface area contributed by atoms with E-state index < -0.39 is 23.3 Å². The van der Waals surface area contributed by atoms with E-state index in [0.29, 0.717) is 30.2 Å². The van der Waals surface area contributed by atoms with Gasteiger partial charge >= 0.3 is 6.18 Å². The van der Waals surface area contributed by atoms with E-state index in [4.69, 9.17) is 9.47 Å². The molecule has 2 aromatic carbocycles. The Morgan fingerprint density at radius 2 is 1.74 bits per heavy atom. The number of hydrogen-bond donors (Lipinski definition) is 3. The van der Waals surface area contributed by atoms with E-state index >= 15 is 0 Å². The summed E-state index contributed by atoms with van der Waals surface area (Å²) in [6.45, 7) is 7.21. The monoisotopic (exact) mass is 515 g/mol. The van der Waals surface area contributed by atoms with E-state index in [1.54, 1.807) is 31.4 Å². The van der Waals surface area contributed by atoms with Crippen LogP contribution in [0.15, 0.2) is 54.6 Å². The van der Waals surface area contributed by atoms with Crippen molar-refractivity contribution in [3.63, 3.8) is 0 Å². The van der Waals surface area contributed by atoms with Gasteiger partial charge < -0.3 is 14.8 Å². The molecule has 0 saturated carbocycles. The molecule has 0 aromatic heterocycles. The molecule has 2 aromatic rings. The van der Waals surface area contributed by atoms with Crippen LogP contribution in [0.5, 0.6) is 5.75 Å². The van der Waals surface area contributed by atoms with E-state index in [0.717, 1.165) is 18.2 Å². The minimum Gasteiger partial charge on any atom is -0.491 e. The molecule has 0 bridgehead atoms. The zero-order chi connectivity index (χ0) is 26.2. The average molecular weight is 516 g/mol. The van der Waals surface area contributed by atoms with Crippen molar-refractivity contribution in [2.24, 2.45) is 0 Å². The standard InChI is InChI=1S/C24H29F4N3O3S/c1-16(23(2,3)25)11-12-29-22(32)20-10-5-17(24(26,27)28)15-21(20)30-31(35)18-6-8-19(9-7-18)34-14-13-33-4/h5-10,15,30,35H,1,11-14H2,2-4H3,(H,29,32). The Bertz CT molecular complexity index is 1010. The number of alkyl halides is 4. The minimum absolute atomic E-state index is 0.0401. The van der Waals surface area contributed by atoms with Crippen LogP contribution in [0.1, 0.15) is 36.2 Å². The zero-order valence-corrected chi connectivity index (χ0v) is 20.6. The number of hydrogen-bond acceptors (Lipinski definition) is 6. The molecule has 0 fully saturated rings. The third-order valence-corrected chi connectivity index (χ3v) is 5.34. The third kappa shape index (κ3) is 8.66. The highest BCUT2D eigenvalue weighted by Crippen LogP contribution is 2.33. The predicted octanol–water partition coefficient (Wildman–Crippen LogP) is 5.83. The number of anilines is 2. The van der Waals surface area contributed by atoms with Gasteiger partial charge in [0, 0.05) is 13.7 Å². The molecular weight excluding hydrogens is 486 g/mol. The first-order chi connectivity index (χ1) is 16.3. The van der Waals surface area contributed by atoms with Gasteiger partial charge in [-0.15, -0.1) is 0 Å². The van der Waals surface area contributed by atoms with Gasteiger partial charge in [0.25, 0.3) is 5.91 Å². The number of carbonyl (C=O) groups is 1. The first kappa shape index (κ1) is 28.3. The maximum absolute atomic E-state index is 13.9. The maximum atomic E-state index is 13.9. The molecule has 11 heteroatoms. The highest BCUT2D eigenvalue weighted by atomic mass is 32.1. The van der Waals surface area contributed by atoms with Crippen molar-refractivity contribution >= 4 is 30.1 Å². The molecule has 0 aliphatic heterocycles. The van der Waals surface area contributed by atoms with Gasteiger partial charge in [0.15, 0.2) is 0 Å². The van der Waals surface area contributed by atoms with Gasteiger partial charge in [0.2, 0.25) is 0 Å². The van der Waals surface area contributed by atoms with Crippen molar-refractivity contribution < 1.29 is 31.8 Å². The van der Waals surface area contributed by atoms with Gasteiger partial charge in [-0.25, -0.2) is 8.80 Å². The highest BCUT2D eigenvalue weighted by molar-refractivity contribution is 7.81. The summed E-state index contributed by atoms with van der Waals surface area (Å²) < 4.78 is 65.4. The van der Waals surface area contributed by atoms with Gasteiger partial charge in [-0.2, -0.15) is 13.2 Å². The van der Waals surface area contributed by atoms with Gasteiger partial charge in [-0.3, -0.25) is 10.2 Å². The molecule has 0 atom stereocenters. The Balaban J connectivity index is 2.18. The van der Waals surface area contributed by atoms with Crippen LogP contribution in [0.2, 0.25) is 0 Å². The van der Waals surface area contributed by atoms with Crippen LogP contribution in [-0.4, -0.2) is 38.4 Å². The molecule has 0 spiro atoms. The summed E-state index contributed by atoms with van der Waals surface area (Å²) in [5, 5.41) is 2.59. The normalized spacial score (nSPS) is 11.7. The van der Waals surface area contributed by atoms with Crippen molar-refractivity contribution in [1.82, 2.24) is 5.32 Å². The molecule has 192 valence electrons. The molecule has 0 radical (unpaired) electrons. The molecule has 0 saturated heterocycles. The van der Waals surface area contributed by atoms with Crippen molar-refractivity contribution in [3.8, 4) is 5.75 Å². The number of amides is 1. The molecule has 0 aliphatic carbocycles. The lowest BCUT2D eigenvalue weighted by Crippen LogP contribution is -2.29. The lowest BCUT2D eigenvalue weighted by atomic mass is 9.99. The molecule has 35 heavy (non-hydrogen) atoms. The van der Waals surface area contributed by atoms with Crippen molar-refractivity contribution in [3.05, 3.63) is 65.7 Å². The van der Waals surface area contributed by atoms with E-state index in [-0.39, 0.29) is 24.2 Å². The van der Waals surface area contributed by atoms with Crippen LogP contribution in [0.3, 0.4) is 0 Å². The van der Waals surface area contributed by atoms with Crippen LogP contribution in [0.25, 0.3) is 0 Å².